The average molecular weight is 628 g/mol. The quantitative estimate of drug-likeness (QED) is 0.190. The largest absolute Gasteiger partial charge is 0.456 e. The van der Waals surface area contributed by atoms with Crippen molar-refractivity contribution in [1.29, 1.82) is 0 Å². The minimum absolute atomic E-state index is 0.880. The van der Waals surface area contributed by atoms with Crippen molar-refractivity contribution < 1.29 is 8.83 Å². The van der Waals surface area contributed by atoms with Crippen LogP contribution in [0.2, 0.25) is 0 Å². The van der Waals surface area contributed by atoms with Crippen LogP contribution in [-0.2, 0) is 0 Å². The summed E-state index contributed by atoms with van der Waals surface area (Å²) < 4.78 is 12.4. The highest BCUT2D eigenvalue weighted by Gasteiger charge is 2.18. The number of rotatable bonds is 5. The molecular weight excluding hydrogens is 599 g/mol. The van der Waals surface area contributed by atoms with Gasteiger partial charge in [-0.05, 0) is 99.8 Å². The lowest BCUT2D eigenvalue weighted by Gasteiger charge is -2.26. The van der Waals surface area contributed by atoms with Crippen LogP contribution in [0, 0.1) is 0 Å². The molecule has 2 aromatic heterocycles. The number of hydrogen-bond acceptors (Lipinski definition) is 3. The maximum Gasteiger partial charge on any atom is 0.136 e. The topological polar surface area (TPSA) is 29.5 Å². The monoisotopic (exact) mass is 627 g/mol. The first-order chi connectivity index (χ1) is 24.3. The molecule has 0 aliphatic heterocycles. The third-order valence-corrected chi connectivity index (χ3v) is 9.64. The molecule has 49 heavy (non-hydrogen) atoms. The van der Waals surface area contributed by atoms with E-state index in [-0.39, 0.29) is 0 Å². The molecule has 0 fully saturated rings. The lowest BCUT2D eigenvalue weighted by atomic mass is 9.98. The van der Waals surface area contributed by atoms with Crippen molar-refractivity contribution in [3.63, 3.8) is 0 Å². The second-order valence-corrected chi connectivity index (χ2v) is 12.6. The third-order valence-electron chi connectivity index (χ3n) is 9.64. The first-order valence-electron chi connectivity index (χ1n) is 16.6. The van der Waals surface area contributed by atoms with Gasteiger partial charge in [0.1, 0.15) is 22.3 Å². The Kier molecular flexibility index (Phi) is 6.18. The molecule has 0 aliphatic rings. The molecule has 0 N–H and O–H groups in total. The first kappa shape index (κ1) is 27.5. The van der Waals surface area contributed by atoms with E-state index >= 15 is 0 Å². The van der Waals surface area contributed by atoms with Gasteiger partial charge in [-0.15, -0.1) is 0 Å². The van der Waals surface area contributed by atoms with Gasteiger partial charge >= 0.3 is 0 Å². The van der Waals surface area contributed by atoms with Crippen LogP contribution in [0.15, 0.2) is 185 Å². The van der Waals surface area contributed by atoms with Crippen molar-refractivity contribution >= 4 is 71.7 Å². The molecule has 0 bridgehead atoms. The Morgan fingerprint density at radius 2 is 0.939 bits per heavy atom. The van der Waals surface area contributed by atoms with Crippen molar-refractivity contribution in [1.82, 2.24) is 0 Å². The van der Waals surface area contributed by atoms with Crippen LogP contribution >= 0.6 is 0 Å². The van der Waals surface area contributed by atoms with Crippen LogP contribution < -0.4 is 4.90 Å². The van der Waals surface area contributed by atoms with Gasteiger partial charge in [0, 0.05) is 38.6 Å². The lowest BCUT2D eigenvalue weighted by molar-refractivity contribution is 0.668. The summed E-state index contributed by atoms with van der Waals surface area (Å²) in [6.07, 6.45) is 0. The maximum atomic E-state index is 6.21. The Morgan fingerprint density at radius 3 is 1.82 bits per heavy atom. The van der Waals surface area contributed by atoms with Crippen LogP contribution in [0.5, 0.6) is 0 Å². The van der Waals surface area contributed by atoms with Gasteiger partial charge in [0.15, 0.2) is 0 Å². The van der Waals surface area contributed by atoms with E-state index < -0.39 is 0 Å². The fourth-order valence-corrected chi connectivity index (χ4v) is 7.30. The van der Waals surface area contributed by atoms with Crippen molar-refractivity contribution in [2.75, 3.05) is 4.90 Å². The molecule has 230 valence electrons. The fourth-order valence-electron chi connectivity index (χ4n) is 7.30. The van der Waals surface area contributed by atoms with Crippen LogP contribution in [0.25, 0.3) is 76.9 Å². The van der Waals surface area contributed by atoms with E-state index in [1.807, 2.05) is 30.3 Å². The SMILES string of the molecule is c1cc(-c2ccc3ccccc3c2)cc(N(c2ccc(-c3cccc4oc5ccccc5c34)cc2)c2ccc3oc4ccccc4c3c2)c1. The summed E-state index contributed by atoms with van der Waals surface area (Å²) in [7, 11) is 0. The first-order valence-corrected chi connectivity index (χ1v) is 16.6. The molecular formula is C46H29NO2. The molecule has 3 heteroatoms. The van der Waals surface area contributed by atoms with E-state index in [9.17, 15) is 0 Å². The van der Waals surface area contributed by atoms with E-state index in [0.717, 1.165) is 72.1 Å². The van der Waals surface area contributed by atoms with Crippen molar-refractivity contribution in [3.05, 3.63) is 176 Å². The molecule has 3 nitrogen and oxygen atoms in total. The Morgan fingerprint density at radius 1 is 0.327 bits per heavy atom. The zero-order valence-corrected chi connectivity index (χ0v) is 26.5. The Labute approximate surface area is 282 Å². The summed E-state index contributed by atoms with van der Waals surface area (Å²) in [5.41, 5.74) is 11.4. The van der Waals surface area contributed by atoms with Crippen LogP contribution in [0.3, 0.4) is 0 Å². The predicted molar refractivity (Wildman–Crippen MR) is 204 cm³/mol. The van der Waals surface area contributed by atoms with Gasteiger partial charge in [0.25, 0.3) is 0 Å². The fraction of sp³-hybridized carbons (Fsp3) is 0. The highest BCUT2D eigenvalue weighted by Crippen LogP contribution is 2.42. The lowest BCUT2D eigenvalue weighted by Crippen LogP contribution is -2.10. The van der Waals surface area contributed by atoms with Gasteiger partial charge in [0.2, 0.25) is 0 Å². The van der Waals surface area contributed by atoms with Gasteiger partial charge in [-0.3, -0.25) is 0 Å². The second kappa shape index (κ2) is 11.0. The summed E-state index contributed by atoms with van der Waals surface area (Å²) in [5.74, 6) is 0. The molecule has 0 aliphatic carbocycles. The zero-order valence-electron chi connectivity index (χ0n) is 26.5. The van der Waals surface area contributed by atoms with E-state index in [1.54, 1.807) is 0 Å². The van der Waals surface area contributed by atoms with E-state index in [4.69, 9.17) is 8.83 Å². The van der Waals surface area contributed by atoms with E-state index in [2.05, 4.69) is 150 Å². The Balaban J connectivity index is 1.13. The van der Waals surface area contributed by atoms with Gasteiger partial charge in [-0.25, -0.2) is 0 Å². The van der Waals surface area contributed by atoms with Crippen molar-refractivity contribution in [3.8, 4) is 22.3 Å². The maximum absolute atomic E-state index is 6.21. The zero-order chi connectivity index (χ0) is 32.3. The van der Waals surface area contributed by atoms with Crippen LogP contribution in [0.1, 0.15) is 0 Å². The summed E-state index contributed by atoms with van der Waals surface area (Å²) in [4.78, 5) is 2.34. The molecule has 0 spiro atoms. The highest BCUT2D eigenvalue weighted by molar-refractivity contribution is 6.12. The minimum Gasteiger partial charge on any atom is -0.456 e. The predicted octanol–water partition coefficient (Wildman–Crippen LogP) is 13.4. The molecule has 0 amide bonds. The summed E-state index contributed by atoms with van der Waals surface area (Å²) in [6.45, 7) is 0. The molecule has 0 atom stereocenters. The molecule has 10 aromatic rings. The number of benzene rings is 8. The molecule has 0 saturated carbocycles. The third kappa shape index (κ3) is 4.59. The number of para-hydroxylation sites is 2. The minimum atomic E-state index is 0.880. The summed E-state index contributed by atoms with van der Waals surface area (Å²) >= 11 is 0. The smallest absolute Gasteiger partial charge is 0.136 e. The van der Waals surface area contributed by atoms with Crippen LogP contribution in [-0.4, -0.2) is 0 Å². The van der Waals surface area contributed by atoms with Gasteiger partial charge in [-0.1, -0.05) is 109 Å². The second-order valence-electron chi connectivity index (χ2n) is 12.6. The van der Waals surface area contributed by atoms with Crippen molar-refractivity contribution in [2.24, 2.45) is 0 Å². The Bertz CT molecular complexity index is 2840. The van der Waals surface area contributed by atoms with E-state index in [1.165, 1.54) is 21.9 Å². The molecule has 10 rings (SSSR count). The Hall–Kier alpha value is -6.58. The number of hydrogen-bond donors (Lipinski definition) is 0. The van der Waals surface area contributed by atoms with E-state index in [0.29, 0.717) is 0 Å². The number of nitrogens with zero attached hydrogens (tertiary/aromatic N) is 1. The van der Waals surface area contributed by atoms with Gasteiger partial charge in [0.05, 0.1) is 0 Å². The average Bonchev–Trinajstić information content (AvgIpc) is 3.74. The highest BCUT2D eigenvalue weighted by atomic mass is 16.3. The van der Waals surface area contributed by atoms with Crippen LogP contribution in [0.4, 0.5) is 17.1 Å². The van der Waals surface area contributed by atoms with Gasteiger partial charge < -0.3 is 13.7 Å². The number of anilines is 3. The summed E-state index contributed by atoms with van der Waals surface area (Å²) in [5, 5.41) is 6.95. The number of fused-ring (bicyclic) bond motifs is 7. The molecule has 8 aromatic carbocycles. The van der Waals surface area contributed by atoms with Crippen molar-refractivity contribution in [2.45, 2.75) is 0 Å². The van der Waals surface area contributed by atoms with Gasteiger partial charge in [-0.2, -0.15) is 0 Å². The molecule has 0 unspecified atom stereocenters. The molecule has 2 heterocycles. The standard InChI is InChI=1S/C46H29NO2/c1-2-10-32-27-34(20-19-30(32)9-1)33-11-7-12-36(28-33)47(37-25-26-44-41(29-37)39-13-3-5-16-42(39)48-44)35-23-21-31(22-24-35)38-15-8-18-45-46(38)40-14-4-6-17-43(40)49-45/h1-29H. The number of furan rings is 2. The molecule has 0 radical (unpaired) electrons. The summed E-state index contributed by atoms with van der Waals surface area (Å²) in [6, 6.07) is 62.2. The normalized spacial score (nSPS) is 11.7. The molecule has 0 saturated heterocycles.